The number of aromatic nitrogens is 4. The van der Waals surface area contributed by atoms with Crippen LogP contribution in [0.3, 0.4) is 0 Å². The summed E-state index contributed by atoms with van der Waals surface area (Å²) in [4.78, 5) is 29.6. The lowest BCUT2D eigenvalue weighted by molar-refractivity contribution is -0.137. The summed E-state index contributed by atoms with van der Waals surface area (Å²) in [5.41, 5.74) is 1.49. The Morgan fingerprint density at radius 3 is 2.71 bits per heavy atom. The van der Waals surface area contributed by atoms with Gasteiger partial charge in [-0.2, -0.15) is 13.2 Å². The number of aromatic amines is 1. The number of hydrogen-bond donors (Lipinski definition) is 1. The molecule has 0 bridgehead atoms. The Morgan fingerprint density at radius 2 is 1.96 bits per heavy atom. The zero-order valence-electron chi connectivity index (χ0n) is 14.7. The maximum atomic E-state index is 12.9. The molecule has 0 saturated carbocycles. The van der Waals surface area contributed by atoms with Gasteiger partial charge in [-0.15, -0.1) is 0 Å². The third kappa shape index (κ3) is 3.79. The molecule has 1 aromatic carbocycles. The average molecular weight is 387 g/mol. The SMILES string of the molecule is O=c1[nH]c(-c2cncnc2)nc2c1CN(Cc1cccc(C(F)(F)F)c1)CC2. The van der Waals surface area contributed by atoms with Crippen molar-refractivity contribution < 1.29 is 13.2 Å². The van der Waals surface area contributed by atoms with E-state index in [1.165, 1.54) is 12.4 Å². The van der Waals surface area contributed by atoms with Crippen LogP contribution in [0.15, 0.2) is 47.8 Å². The molecule has 1 N–H and O–H groups in total. The van der Waals surface area contributed by atoms with Crippen molar-refractivity contribution in [3.05, 3.63) is 75.7 Å². The number of nitrogens with one attached hydrogen (secondary N) is 1. The third-order valence-corrected chi connectivity index (χ3v) is 4.64. The fraction of sp³-hybridized carbons (Fsp3) is 0.263. The molecule has 1 aliphatic heterocycles. The Morgan fingerprint density at radius 1 is 1.18 bits per heavy atom. The minimum atomic E-state index is -4.37. The van der Waals surface area contributed by atoms with Gasteiger partial charge in [0.1, 0.15) is 12.2 Å². The number of alkyl halides is 3. The van der Waals surface area contributed by atoms with E-state index in [1.54, 1.807) is 18.5 Å². The molecule has 0 fully saturated rings. The molecule has 0 amide bonds. The molecule has 3 aromatic rings. The predicted molar refractivity (Wildman–Crippen MR) is 95.1 cm³/mol. The van der Waals surface area contributed by atoms with Crippen molar-refractivity contribution in [2.24, 2.45) is 0 Å². The monoisotopic (exact) mass is 387 g/mol. The smallest absolute Gasteiger partial charge is 0.306 e. The number of nitrogens with zero attached hydrogens (tertiary/aromatic N) is 4. The van der Waals surface area contributed by atoms with E-state index in [9.17, 15) is 18.0 Å². The predicted octanol–water partition coefficient (Wildman–Crippen LogP) is 2.80. The van der Waals surface area contributed by atoms with Crippen LogP contribution in [0.25, 0.3) is 11.4 Å². The second kappa shape index (κ2) is 7.16. The van der Waals surface area contributed by atoms with Gasteiger partial charge in [-0.25, -0.2) is 15.0 Å². The van der Waals surface area contributed by atoms with Crippen LogP contribution in [0.5, 0.6) is 0 Å². The highest BCUT2D eigenvalue weighted by Crippen LogP contribution is 2.30. The molecule has 6 nitrogen and oxygen atoms in total. The normalized spacial score (nSPS) is 14.7. The van der Waals surface area contributed by atoms with Gasteiger partial charge in [0.15, 0.2) is 0 Å². The standard InChI is InChI=1S/C19H16F3N5O/c20-19(21,22)14-3-1-2-12(6-14)9-27-5-4-16-15(10-27)18(28)26-17(25-16)13-7-23-11-24-8-13/h1-3,6-8,11H,4-5,9-10H2,(H,25,26,28). The second-order valence-corrected chi connectivity index (χ2v) is 6.63. The van der Waals surface area contributed by atoms with Gasteiger partial charge in [0.25, 0.3) is 5.56 Å². The summed E-state index contributed by atoms with van der Waals surface area (Å²) in [6.07, 6.45) is 0.703. The van der Waals surface area contributed by atoms with E-state index in [-0.39, 0.29) is 5.56 Å². The highest BCUT2D eigenvalue weighted by Gasteiger charge is 2.30. The van der Waals surface area contributed by atoms with Crippen molar-refractivity contribution in [2.75, 3.05) is 6.54 Å². The molecule has 0 saturated heterocycles. The van der Waals surface area contributed by atoms with Gasteiger partial charge in [-0.1, -0.05) is 18.2 Å². The van der Waals surface area contributed by atoms with Crippen molar-refractivity contribution in [3.8, 4) is 11.4 Å². The molecule has 144 valence electrons. The zero-order chi connectivity index (χ0) is 19.7. The number of halogens is 3. The van der Waals surface area contributed by atoms with Crippen LogP contribution < -0.4 is 5.56 Å². The molecule has 28 heavy (non-hydrogen) atoms. The maximum Gasteiger partial charge on any atom is 0.416 e. The van der Waals surface area contributed by atoms with Gasteiger partial charge in [-0.3, -0.25) is 9.69 Å². The molecular weight excluding hydrogens is 371 g/mol. The number of benzene rings is 1. The lowest BCUT2D eigenvalue weighted by Gasteiger charge is -2.28. The van der Waals surface area contributed by atoms with Crippen LogP contribution in [0, 0.1) is 0 Å². The van der Waals surface area contributed by atoms with E-state index >= 15 is 0 Å². The van der Waals surface area contributed by atoms with E-state index in [2.05, 4.69) is 19.9 Å². The summed E-state index contributed by atoms with van der Waals surface area (Å²) in [5, 5.41) is 0. The first kappa shape index (κ1) is 18.3. The van der Waals surface area contributed by atoms with Gasteiger partial charge in [0.05, 0.1) is 22.4 Å². The first-order chi connectivity index (χ1) is 13.4. The Balaban J connectivity index is 1.55. The minimum Gasteiger partial charge on any atom is -0.306 e. The molecule has 3 heterocycles. The fourth-order valence-corrected chi connectivity index (χ4v) is 3.28. The summed E-state index contributed by atoms with van der Waals surface area (Å²) in [5.74, 6) is 0.413. The largest absolute Gasteiger partial charge is 0.416 e. The number of H-pyrrole nitrogens is 1. The summed E-state index contributed by atoms with van der Waals surface area (Å²) in [6, 6.07) is 5.26. The van der Waals surface area contributed by atoms with E-state index < -0.39 is 11.7 Å². The summed E-state index contributed by atoms with van der Waals surface area (Å²) in [7, 11) is 0. The summed E-state index contributed by atoms with van der Waals surface area (Å²) < 4.78 is 38.7. The fourth-order valence-electron chi connectivity index (χ4n) is 3.28. The molecule has 1 aliphatic rings. The van der Waals surface area contributed by atoms with Crippen molar-refractivity contribution in [3.63, 3.8) is 0 Å². The molecule has 9 heteroatoms. The lowest BCUT2D eigenvalue weighted by atomic mass is 10.0. The second-order valence-electron chi connectivity index (χ2n) is 6.63. The van der Waals surface area contributed by atoms with Crippen molar-refractivity contribution in [1.29, 1.82) is 0 Å². The average Bonchev–Trinajstić information content (AvgIpc) is 2.68. The summed E-state index contributed by atoms with van der Waals surface area (Å²) >= 11 is 0. The highest BCUT2D eigenvalue weighted by atomic mass is 19.4. The van der Waals surface area contributed by atoms with Crippen molar-refractivity contribution in [2.45, 2.75) is 25.7 Å². The quantitative estimate of drug-likeness (QED) is 0.748. The van der Waals surface area contributed by atoms with E-state index in [4.69, 9.17) is 0 Å². The Bertz CT molecular complexity index is 1050. The van der Waals surface area contributed by atoms with Crippen LogP contribution in [0.1, 0.15) is 22.4 Å². The van der Waals surface area contributed by atoms with Gasteiger partial charge < -0.3 is 4.98 Å². The highest BCUT2D eigenvalue weighted by molar-refractivity contribution is 5.52. The van der Waals surface area contributed by atoms with Crippen molar-refractivity contribution in [1.82, 2.24) is 24.8 Å². The zero-order valence-corrected chi connectivity index (χ0v) is 14.7. The van der Waals surface area contributed by atoms with Gasteiger partial charge in [0, 0.05) is 38.4 Å². The van der Waals surface area contributed by atoms with Crippen LogP contribution in [-0.2, 0) is 25.7 Å². The van der Waals surface area contributed by atoms with Crippen molar-refractivity contribution >= 4 is 0 Å². The number of rotatable bonds is 3. The molecule has 0 aliphatic carbocycles. The van der Waals surface area contributed by atoms with Gasteiger partial charge in [0.2, 0.25) is 0 Å². The topological polar surface area (TPSA) is 74.8 Å². The van der Waals surface area contributed by atoms with Crippen LogP contribution >= 0.6 is 0 Å². The minimum absolute atomic E-state index is 0.252. The molecular formula is C19H16F3N5O. The molecule has 4 rings (SSSR count). The van der Waals surface area contributed by atoms with E-state index in [1.807, 2.05) is 4.90 Å². The van der Waals surface area contributed by atoms with E-state index in [0.717, 1.165) is 12.1 Å². The third-order valence-electron chi connectivity index (χ3n) is 4.64. The molecule has 0 atom stereocenters. The number of fused-ring (bicyclic) bond motifs is 1. The van der Waals surface area contributed by atoms with Gasteiger partial charge in [-0.05, 0) is 11.6 Å². The van der Waals surface area contributed by atoms with E-state index in [0.29, 0.717) is 54.3 Å². The molecule has 0 unspecified atom stereocenters. The van der Waals surface area contributed by atoms with Gasteiger partial charge >= 0.3 is 6.18 Å². The maximum absolute atomic E-state index is 12.9. The molecule has 0 radical (unpaired) electrons. The van der Waals surface area contributed by atoms with Crippen LogP contribution in [0.4, 0.5) is 13.2 Å². The number of hydrogen-bond acceptors (Lipinski definition) is 5. The lowest BCUT2D eigenvalue weighted by Crippen LogP contribution is -2.35. The Hall–Kier alpha value is -3.07. The first-order valence-electron chi connectivity index (χ1n) is 8.66. The molecule has 2 aromatic heterocycles. The van der Waals surface area contributed by atoms with Crippen LogP contribution in [-0.4, -0.2) is 31.4 Å². The molecule has 0 spiro atoms. The Labute approximate surface area is 158 Å². The first-order valence-corrected chi connectivity index (χ1v) is 8.66. The Kier molecular flexibility index (Phi) is 4.68. The summed E-state index contributed by atoms with van der Waals surface area (Å²) in [6.45, 7) is 1.26. The van der Waals surface area contributed by atoms with Crippen LogP contribution in [0.2, 0.25) is 0 Å².